The van der Waals surface area contributed by atoms with Crippen molar-refractivity contribution in [1.29, 1.82) is 0 Å². The summed E-state index contributed by atoms with van der Waals surface area (Å²) in [5.74, 6) is 0.683. The standard InChI is InChI=1S/C12H14N2O2S/c1-12(15)7-14(8-12)5-9-6-16-11(13-9)10-3-2-4-17-10/h2-4,6,15H,5,7-8H2,1H3. The van der Waals surface area contributed by atoms with Crippen LogP contribution in [-0.4, -0.2) is 33.7 Å². The summed E-state index contributed by atoms with van der Waals surface area (Å²) in [5.41, 5.74) is 0.393. The molecular weight excluding hydrogens is 236 g/mol. The summed E-state index contributed by atoms with van der Waals surface area (Å²) in [6.45, 7) is 4.00. The van der Waals surface area contributed by atoms with E-state index in [4.69, 9.17) is 4.42 Å². The van der Waals surface area contributed by atoms with Gasteiger partial charge in [0.15, 0.2) is 0 Å². The zero-order valence-electron chi connectivity index (χ0n) is 9.59. The fourth-order valence-electron chi connectivity index (χ4n) is 2.15. The zero-order valence-corrected chi connectivity index (χ0v) is 10.4. The highest BCUT2D eigenvalue weighted by atomic mass is 32.1. The molecule has 0 atom stereocenters. The lowest BCUT2D eigenvalue weighted by atomic mass is 9.97. The van der Waals surface area contributed by atoms with Gasteiger partial charge in [-0.25, -0.2) is 4.98 Å². The first-order valence-electron chi connectivity index (χ1n) is 5.55. The van der Waals surface area contributed by atoms with E-state index < -0.39 is 5.60 Å². The van der Waals surface area contributed by atoms with Gasteiger partial charge in [-0.15, -0.1) is 11.3 Å². The third-order valence-electron chi connectivity index (χ3n) is 2.80. The van der Waals surface area contributed by atoms with E-state index >= 15 is 0 Å². The second kappa shape index (κ2) is 3.94. The Morgan fingerprint density at radius 3 is 3.06 bits per heavy atom. The van der Waals surface area contributed by atoms with Gasteiger partial charge in [-0.1, -0.05) is 6.07 Å². The summed E-state index contributed by atoms with van der Waals surface area (Å²) in [4.78, 5) is 7.64. The van der Waals surface area contributed by atoms with Gasteiger partial charge in [0.1, 0.15) is 6.26 Å². The van der Waals surface area contributed by atoms with Gasteiger partial charge in [-0.05, 0) is 18.4 Å². The third kappa shape index (κ3) is 2.26. The molecule has 0 amide bonds. The van der Waals surface area contributed by atoms with E-state index in [0.717, 1.165) is 17.1 Å². The lowest BCUT2D eigenvalue weighted by molar-refractivity contribution is -0.0875. The lowest BCUT2D eigenvalue weighted by Gasteiger charge is -2.43. The number of thiophene rings is 1. The quantitative estimate of drug-likeness (QED) is 0.904. The number of oxazole rings is 1. The van der Waals surface area contributed by atoms with Gasteiger partial charge in [0.2, 0.25) is 5.89 Å². The fourth-order valence-corrected chi connectivity index (χ4v) is 2.81. The van der Waals surface area contributed by atoms with Crippen LogP contribution >= 0.6 is 11.3 Å². The van der Waals surface area contributed by atoms with Gasteiger partial charge in [0.25, 0.3) is 0 Å². The molecule has 5 heteroatoms. The van der Waals surface area contributed by atoms with E-state index in [1.54, 1.807) is 17.6 Å². The molecule has 0 unspecified atom stereocenters. The molecule has 1 aliphatic rings. The van der Waals surface area contributed by atoms with Crippen molar-refractivity contribution in [2.75, 3.05) is 13.1 Å². The molecule has 0 radical (unpaired) electrons. The number of rotatable bonds is 3. The second-order valence-corrected chi connectivity index (χ2v) is 5.71. The number of nitrogens with zero attached hydrogens (tertiary/aromatic N) is 2. The summed E-state index contributed by atoms with van der Waals surface area (Å²) >= 11 is 1.62. The van der Waals surface area contributed by atoms with Crippen molar-refractivity contribution < 1.29 is 9.52 Å². The molecule has 0 bridgehead atoms. The highest BCUT2D eigenvalue weighted by Crippen LogP contribution is 2.26. The van der Waals surface area contributed by atoms with Crippen molar-refractivity contribution in [1.82, 2.24) is 9.88 Å². The summed E-state index contributed by atoms with van der Waals surface area (Å²) in [6.07, 6.45) is 1.70. The minimum absolute atomic E-state index is 0.527. The molecule has 0 aliphatic carbocycles. The third-order valence-corrected chi connectivity index (χ3v) is 3.66. The predicted molar refractivity (Wildman–Crippen MR) is 65.7 cm³/mol. The number of hydrogen-bond donors (Lipinski definition) is 1. The van der Waals surface area contributed by atoms with Crippen LogP contribution in [0.25, 0.3) is 10.8 Å². The van der Waals surface area contributed by atoms with E-state index in [1.807, 2.05) is 24.4 Å². The van der Waals surface area contributed by atoms with Crippen LogP contribution in [0.15, 0.2) is 28.2 Å². The van der Waals surface area contributed by atoms with Crippen LogP contribution in [0.2, 0.25) is 0 Å². The molecule has 0 spiro atoms. The van der Waals surface area contributed by atoms with Crippen molar-refractivity contribution in [2.45, 2.75) is 19.1 Å². The Morgan fingerprint density at radius 1 is 1.59 bits per heavy atom. The molecule has 90 valence electrons. The smallest absolute Gasteiger partial charge is 0.236 e. The van der Waals surface area contributed by atoms with Crippen LogP contribution in [0.1, 0.15) is 12.6 Å². The van der Waals surface area contributed by atoms with E-state index in [9.17, 15) is 5.11 Å². The van der Waals surface area contributed by atoms with Gasteiger partial charge < -0.3 is 9.52 Å². The predicted octanol–water partition coefficient (Wildman–Crippen LogP) is 1.97. The van der Waals surface area contributed by atoms with E-state index in [0.29, 0.717) is 19.0 Å². The summed E-state index contributed by atoms with van der Waals surface area (Å²) in [7, 11) is 0. The largest absolute Gasteiger partial charge is 0.444 e. The Bertz CT molecular complexity index is 496. The number of β-amino-alcohol motifs (C(OH)–C–C–N with tert-alkyl or cyclic N) is 1. The highest BCUT2D eigenvalue weighted by molar-refractivity contribution is 7.13. The Labute approximate surface area is 104 Å². The van der Waals surface area contributed by atoms with Crippen LogP contribution < -0.4 is 0 Å². The Morgan fingerprint density at radius 2 is 2.41 bits per heavy atom. The molecule has 2 aromatic heterocycles. The van der Waals surface area contributed by atoms with Crippen LogP contribution in [0.4, 0.5) is 0 Å². The molecule has 4 nitrogen and oxygen atoms in total. The molecule has 0 saturated carbocycles. The Kier molecular flexibility index (Phi) is 2.54. The average molecular weight is 250 g/mol. The zero-order chi connectivity index (χ0) is 11.9. The van der Waals surface area contributed by atoms with Gasteiger partial charge >= 0.3 is 0 Å². The maximum absolute atomic E-state index is 9.63. The summed E-state index contributed by atoms with van der Waals surface area (Å²) < 4.78 is 5.44. The first-order chi connectivity index (χ1) is 8.12. The van der Waals surface area contributed by atoms with Crippen molar-refractivity contribution in [3.05, 3.63) is 29.5 Å². The summed E-state index contributed by atoms with van der Waals surface area (Å²) in [6, 6.07) is 3.98. The van der Waals surface area contributed by atoms with E-state index in [2.05, 4.69) is 9.88 Å². The van der Waals surface area contributed by atoms with E-state index in [1.165, 1.54) is 0 Å². The highest BCUT2D eigenvalue weighted by Gasteiger charge is 2.36. The normalized spacial score (nSPS) is 19.2. The number of likely N-dealkylation sites (tertiary alicyclic amines) is 1. The van der Waals surface area contributed by atoms with Crippen LogP contribution in [0, 0.1) is 0 Å². The average Bonchev–Trinajstić information content (AvgIpc) is 2.82. The minimum atomic E-state index is -0.527. The van der Waals surface area contributed by atoms with Crippen molar-refractivity contribution in [2.24, 2.45) is 0 Å². The monoisotopic (exact) mass is 250 g/mol. The number of aromatic nitrogens is 1. The van der Waals surface area contributed by atoms with Crippen molar-refractivity contribution in [3.63, 3.8) is 0 Å². The van der Waals surface area contributed by atoms with Crippen LogP contribution in [-0.2, 0) is 6.54 Å². The molecular formula is C12H14N2O2S. The molecule has 17 heavy (non-hydrogen) atoms. The Hall–Kier alpha value is -1.17. The lowest BCUT2D eigenvalue weighted by Crippen LogP contribution is -2.59. The minimum Gasteiger partial charge on any atom is -0.444 e. The topological polar surface area (TPSA) is 49.5 Å². The van der Waals surface area contributed by atoms with Gasteiger partial charge in [0.05, 0.1) is 16.2 Å². The van der Waals surface area contributed by atoms with Crippen LogP contribution in [0.3, 0.4) is 0 Å². The van der Waals surface area contributed by atoms with E-state index in [-0.39, 0.29) is 0 Å². The van der Waals surface area contributed by atoms with Gasteiger partial charge in [0, 0.05) is 19.6 Å². The summed E-state index contributed by atoms with van der Waals surface area (Å²) in [5, 5.41) is 11.6. The fraction of sp³-hybridized carbons (Fsp3) is 0.417. The molecule has 2 aromatic rings. The molecule has 3 rings (SSSR count). The molecule has 3 heterocycles. The van der Waals surface area contributed by atoms with Crippen molar-refractivity contribution >= 4 is 11.3 Å². The molecule has 1 saturated heterocycles. The first kappa shape index (κ1) is 11.0. The first-order valence-corrected chi connectivity index (χ1v) is 6.43. The molecule has 1 aliphatic heterocycles. The number of hydrogen-bond acceptors (Lipinski definition) is 5. The van der Waals surface area contributed by atoms with Gasteiger partial charge in [-0.2, -0.15) is 0 Å². The van der Waals surface area contributed by atoms with Gasteiger partial charge in [-0.3, -0.25) is 4.90 Å². The molecule has 1 N–H and O–H groups in total. The van der Waals surface area contributed by atoms with Crippen LogP contribution in [0.5, 0.6) is 0 Å². The second-order valence-electron chi connectivity index (χ2n) is 4.76. The number of aliphatic hydroxyl groups is 1. The Balaban J connectivity index is 1.66. The molecule has 1 fully saturated rings. The molecule has 0 aromatic carbocycles. The maximum atomic E-state index is 9.63. The van der Waals surface area contributed by atoms with Crippen molar-refractivity contribution in [3.8, 4) is 10.8 Å². The SMILES string of the molecule is CC1(O)CN(Cc2coc(-c3cccs3)n2)C1. The maximum Gasteiger partial charge on any atom is 0.236 e.